The number of hydrogen-bond acceptors (Lipinski definition) is 7. The molecule has 2 amide bonds. The molecule has 0 spiro atoms. The maximum absolute atomic E-state index is 13.7. The summed E-state index contributed by atoms with van der Waals surface area (Å²) in [6.07, 6.45) is 4.34. The van der Waals surface area contributed by atoms with E-state index >= 15 is 0 Å². The van der Waals surface area contributed by atoms with Crippen LogP contribution in [0.2, 0.25) is 0 Å². The van der Waals surface area contributed by atoms with E-state index in [0.717, 1.165) is 24.9 Å². The molecule has 0 unspecified atom stereocenters. The lowest BCUT2D eigenvalue weighted by atomic mass is 9.93. The fraction of sp³-hybridized carbons (Fsp3) is 0.455. The van der Waals surface area contributed by atoms with Crippen LogP contribution in [0.4, 0.5) is 4.79 Å². The number of allylic oxidation sites excluding steroid dienone is 2. The highest BCUT2D eigenvalue weighted by molar-refractivity contribution is 5.95. The number of piperidine rings is 1. The summed E-state index contributed by atoms with van der Waals surface area (Å²) in [7, 11) is 3.23. The first-order valence-corrected chi connectivity index (χ1v) is 14.4. The van der Waals surface area contributed by atoms with Crippen molar-refractivity contribution in [2.45, 2.75) is 45.4 Å². The van der Waals surface area contributed by atoms with Crippen molar-refractivity contribution in [2.75, 3.05) is 47.1 Å². The van der Waals surface area contributed by atoms with Crippen LogP contribution in [0, 0.1) is 5.92 Å². The zero-order valence-electron chi connectivity index (χ0n) is 25.5. The van der Waals surface area contributed by atoms with Crippen molar-refractivity contribution in [3.8, 4) is 11.5 Å². The fourth-order valence-electron chi connectivity index (χ4n) is 4.65. The number of benzene rings is 2. The van der Waals surface area contributed by atoms with Crippen LogP contribution < -0.4 is 20.1 Å². The highest BCUT2D eigenvalue weighted by Gasteiger charge is 2.32. The number of nitrogens with zero attached hydrogens (tertiary/aromatic N) is 1. The molecule has 0 aromatic heterocycles. The van der Waals surface area contributed by atoms with Gasteiger partial charge in [0.15, 0.2) is 11.5 Å². The molecule has 1 aliphatic heterocycles. The number of hydrogen-bond donors (Lipinski definition) is 2. The van der Waals surface area contributed by atoms with Crippen LogP contribution in [0.15, 0.2) is 73.8 Å². The Bertz CT molecular complexity index is 1100. The van der Waals surface area contributed by atoms with E-state index in [9.17, 15) is 9.59 Å². The van der Waals surface area contributed by atoms with Gasteiger partial charge in [0.25, 0.3) is 5.91 Å². The van der Waals surface area contributed by atoms with Crippen LogP contribution in [-0.2, 0) is 16.1 Å². The summed E-state index contributed by atoms with van der Waals surface area (Å²) in [5.41, 5.74) is 1.49. The molecule has 1 fully saturated rings. The molecule has 2 atom stereocenters. The molecular weight excluding hydrogens is 534 g/mol. The normalized spacial score (nSPS) is 15.9. The first-order valence-electron chi connectivity index (χ1n) is 14.4. The van der Waals surface area contributed by atoms with Gasteiger partial charge in [-0.25, -0.2) is 4.79 Å². The molecule has 3 rings (SSSR count). The third kappa shape index (κ3) is 11.6. The van der Waals surface area contributed by atoms with Gasteiger partial charge >= 0.3 is 6.09 Å². The van der Waals surface area contributed by atoms with E-state index in [4.69, 9.17) is 18.9 Å². The lowest BCUT2D eigenvalue weighted by Crippen LogP contribution is -2.55. The maximum atomic E-state index is 13.7. The van der Waals surface area contributed by atoms with Gasteiger partial charge in [-0.15, -0.1) is 0 Å². The summed E-state index contributed by atoms with van der Waals surface area (Å²) in [5.74, 6) is 1.23. The Kier molecular flexibility index (Phi) is 15.8. The Balaban J connectivity index is 0.00000144. The average Bonchev–Trinajstić information content (AvgIpc) is 3.01. The van der Waals surface area contributed by atoms with Crippen LogP contribution in [0.25, 0.3) is 0 Å². The number of alkyl carbamates (subject to hydrolysis) is 1. The summed E-state index contributed by atoms with van der Waals surface area (Å²) in [4.78, 5) is 27.8. The van der Waals surface area contributed by atoms with Gasteiger partial charge in [-0.05, 0) is 56.5 Å². The molecule has 1 saturated heterocycles. The number of nitrogens with one attached hydrogen (secondary N) is 2. The number of ether oxygens (including phenoxy) is 4. The third-order valence-corrected chi connectivity index (χ3v) is 6.68. The predicted molar refractivity (Wildman–Crippen MR) is 166 cm³/mol. The van der Waals surface area contributed by atoms with Crippen LogP contribution in [-0.4, -0.2) is 76.1 Å². The van der Waals surface area contributed by atoms with Gasteiger partial charge < -0.3 is 34.5 Å². The zero-order chi connectivity index (χ0) is 30.7. The first kappa shape index (κ1) is 34.4. The number of methoxy groups -OCH3 is 2. The van der Waals surface area contributed by atoms with E-state index in [1.54, 1.807) is 44.6 Å². The van der Waals surface area contributed by atoms with E-state index in [-0.39, 0.29) is 30.5 Å². The summed E-state index contributed by atoms with van der Waals surface area (Å²) >= 11 is 0. The molecule has 0 bridgehead atoms. The standard InChI is InChI=1S/C29H41N3O6.C4H6/c1-21(2)32(28(33)24-11-12-26(36-4)27(16-24)37-14-8-13-35-3)25-15-23(17-30-19-25)18-31-29(34)38-20-22-9-6-5-7-10-22;1-3-4-2/h5-7,9-12,16,21,23,25,30H,8,13-15,17-20H2,1-4H3,(H,31,34);3-4H,1-2H2/t23-,25+;/m0./s1. The monoisotopic (exact) mass is 581 g/mol. The molecule has 42 heavy (non-hydrogen) atoms. The molecule has 0 saturated carbocycles. The largest absolute Gasteiger partial charge is 0.493 e. The lowest BCUT2D eigenvalue weighted by molar-refractivity contribution is 0.0534. The van der Waals surface area contributed by atoms with E-state index in [0.29, 0.717) is 43.4 Å². The molecule has 2 N–H and O–H groups in total. The Morgan fingerprint density at radius 2 is 1.79 bits per heavy atom. The molecule has 9 heteroatoms. The second-order valence-corrected chi connectivity index (χ2v) is 10.2. The predicted octanol–water partition coefficient (Wildman–Crippen LogP) is 5.22. The fourth-order valence-corrected chi connectivity index (χ4v) is 4.65. The first-order chi connectivity index (χ1) is 20.3. The molecule has 1 heterocycles. The summed E-state index contributed by atoms with van der Waals surface area (Å²) < 4.78 is 21.7. The van der Waals surface area contributed by atoms with Crippen molar-refractivity contribution < 1.29 is 28.5 Å². The van der Waals surface area contributed by atoms with Crippen molar-refractivity contribution >= 4 is 12.0 Å². The smallest absolute Gasteiger partial charge is 0.407 e. The highest BCUT2D eigenvalue weighted by atomic mass is 16.5. The molecular formula is C33H47N3O6. The van der Waals surface area contributed by atoms with E-state index in [1.165, 1.54) is 0 Å². The van der Waals surface area contributed by atoms with Gasteiger partial charge in [0.2, 0.25) is 0 Å². The van der Waals surface area contributed by atoms with Crippen molar-refractivity contribution in [3.63, 3.8) is 0 Å². The van der Waals surface area contributed by atoms with Crippen molar-refractivity contribution in [1.29, 1.82) is 0 Å². The zero-order valence-corrected chi connectivity index (χ0v) is 25.5. The van der Waals surface area contributed by atoms with Crippen molar-refractivity contribution in [1.82, 2.24) is 15.5 Å². The van der Waals surface area contributed by atoms with Crippen molar-refractivity contribution in [2.24, 2.45) is 5.92 Å². The van der Waals surface area contributed by atoms with Gasteiger partial charge in [0.05, 0.1) is 13.7 Å². The van der Waals surface area contributed by atoms with Crippen LogP contribution >= 0.6 is 0 Å². The van der Waals surface area contributed by atoms with E-state index in [2.05, 4.69) is 23.8 Å². The number of rotatable bonds is 14. The minimum Gasteiger partial charge on any atom is -0.493 e. The average molecular weight is 582 g/mol. The summed E-state index contributed by atoms with van der Waals surface area (Å²) in [6.45, 7) is 14.0. The second kappa shape index (κ2) is 19.3. The number of amides is 2. The van der Waals surface area contributed by atoms with Crippen LogP contribution in [0.5, 0.6) is 11.5 Å². The van der Waals surface area contributed by atoms with E-state index in [1.807, 2.05) is 49.1 Å². The molecule has 0 aliphatic carbocycles. The van der Waals surface area contributed by atoms with Crippen LogP contribution in [0.1, 0.15) is 42.6 Å². The second-order valence-electron chi connectivity index (χ2n) is 10.2. The van der Waals surface area contributed by atoms with Gasteiger partial charge in [0.1, 0.15) is 6.61 Å². The third-order valence-electron chi connectivity index (χ3n) is 6.68. The van der Waals surface area contributed by atoms with Gasteiger partial charge in [-0.2, -0.15) is 0 Å². The Hall–Kier alpha value is -3.82. The van der Waals surface area contributed by atoms with Gasteiger partial charge in [-0.3, -0.25) is 4.79 Å². The van der Waals surface area contributed by atoms with Gasteiger partial charge in [0, 0.05) is 50.9 Å². The molecule has 0 radical (unpaired) electrons. The number of carbonyl (C=O) groups is 2. The quantitative estimate of drug-likeness (QED) is 0.233. The number of carbonyl (C=O) groups excluding carboxylic acids is 2. The van der Waals surface area contributed by atoms with Crippen molar-refractivity contribution in [3.05, 3.63) is 85.0 Å². The Morgan fingerprint density at radius 3 is 2.43 bits per heavy atom. The SMILES string of the molecule is C=CC=C.COCCCOc1cc(C(=O)N(C(C)C)[C@H]2CNC[C@@H](CNC(=O)OCc3ccccc3)C2)ccc1OC. The molecule has 2 aromatic carbocycles. The molecule has 1 aliphatic rings. The minimum absolute atomic E-state index is 0.00924. The van der Waals surface area contributed by atoms with Gasteiger partial charge in [-0.1, -0.05) is 55.6 Å². The topological polar surface area (TPSA) is 98.4 Å². The molecule has 9 nitrogen and oxygen atoms in total. The molecule has 2 aromatic rings. The highest BCUT2D eigenvalue weighted by Crippen LogP contribution is 2.30. The lowest BCUT2D eigenvalue weighted by Gasteiger charge is -2.40. The summed E-state index contributed by atoms with van der Waals surface area (Å²) in [5, 5.41) is 6.31. The minimum atomic E-state index is -0.441. The summed E-state index contributed by atoms with van der Waals surface area (Å²) in [6, 6.07) is 14.8. The Labute approximate surface area is 250 Å². The Morgan fingerprint density at radius 1 is 1.05 bits per heavy atom. The van der Waals surface area contributed by atoms with E-state index < -0.39 is 6.09 Å². The maximum Gasteiger partial charge on any atom is 0.407 e. The van der Waals surface area contributed by atoms with Crippen LogP contribution in [0.3, 0.4) is 0 Å². The molecule has 230 valence electrons.